The summed E-state index contributed by atoms with van der Waals surface area (Å²) in [7, 11) is 0. The molecule has 15 fully saturated rings. The van der Waals surface area contributed by atoms with Gasteiger partial charge in [-0.1, -0.05) is 285 Å². The standard InChI is InChI=1S/C13H22.C12H20O.C12H22.C11H20.C10H20.2C9H18.C8H16.C7H14/c1-13(6-2-3-7-13)12-9-10-4-5-11(12)8-10;1-12(6-2-3-7-12)10-8-9-4-5-11(10)13-9;1-12(9-5-6-10-12)11-7-3-2-4-8-11;1-11(8-4-5-9-11)10-6-2-3-7-10;1-9(2,3)10(4)7-5-6-8-10;1-8(2)9(3)6-4-5-7-9;1-3-6-9(2)7-4-5-8-9;1-3-8(2)6-4-5-7-8;1-7(2)5-3-4-6-7/h10-12H,2-9H2,1H3;9-11H,2-8H2,1H3;11H,2-10H2,1H3;10H,2-9H2,1H3;5-8H2,1-4H3;8H,4-7H2,1-3H3;3-8H2,1-2H3;3-7H2,1-2H3;3-6H2,1-2H3. The molecule has 15 rings (SSSR count). The fourth-order valence-corrected chi connectivity index (χ4v) is 23.8. The summed E-state index contributed by atoms with van der Waals surface area (Å²) >= 11 is 0. The lowest BCUT2D eigenvalue weighted by molar-refractivity contribution is 0.0591. The monoisotopic (exact) mass is 1280 g/mol. The number of hydrogen-bond acceptors (Lipinski definition) is 1. The largest absolute Gasteiger partial charge is 0.375 e. The fraction of sp³-hybridized carbons (Fsp3) is 1.00. The van der Waals surface area contributed by atoms with Crippen molar-refractivity contribution in [2.45, 2.75) is 483 Å². The molecule has 0 aromatic rings. The molecule has 4 bridgehead atoms. The van der Waals surface area contributed by atoms with Crippen molar-refractivity contribution in [3.8, 4) is 0 Å². The first-order valence-corrected chi connectivity index (χ1v) is 43.2. The highest BCUT2D eigenvalue weighted by Gasteiger charge is 2.51. The first-order valence-electron chi connectivity index (χ1n) is 43.2. The molecule has 0 amide bonds. The van der Waals surface area contributed by atoms with E-state index in [1.165, 1.54) is 315 Å². The van der Waals surface area contributed by atoms with Gasteiger partial charge in [0.15, 0.2) is 0 Å². The van der Waals surface area contributed by atoms with E-state index in [2.05, 4.69) is 118 Å². The average Bonchev–Trinajstić information content (AvgIpc) is 1.64. The van der Waals surface area contributed by atoms with Gasteiger partial charge in [-0.15, -0.1) is 0 Å². The molecule has 6 unspecified atom stereocenters. The van der Waals surface area contributed by atoms with Crippen molar-refractivity contribution in [2.75, 3.05) is 0 Å². The Labute approximate surface area is 580 Å². The maximum Gasteiger partial charge on any atom is 0.0614 e. The van der Waals surface area contributed by atoms with Crippen LogP contribution in [0.5, 0.6) is 0 Å². The third kappa shape index (κ3) is 23.0. The first-order chi connectivity index (χ1) is 43.5. The van der Waals surface area contributed by atoms with Crippen LogP contribution < -0.4 is 0 Å². The molecule has 15 aliphatic rings. The predicted molar refractivity (Wildman–Crippen MR) is 408 cm³/mol. The Morgan fingerprint density at radius 3 is 1.07 bits per heavy atom. The first kappa shape index (κ1) is 79.3. The van der Waals surface area contributed by atoms with E-state index in [9.17, 15) is 0 Å². The van der Waals surface area contributed by atoms with Crippen LogP contribution in [0.4, 0.5) is 0 Å². The lowest BCUT2D eigenvalue weighted by atomic mass is 9.67. The summed E-state index contributed by atoms with van der Waals surface area (Å²) < 4.78 is 5.96. The lowest BCUT2D eigenvalue weighted by Crippen LogP contribution is -2.32. The number of ether oxygens (including phenoxy) is 1. The molecule has 6 atom stereocenters. The minimum Gasteiger partial charge on any atom is -0.375 e. The summed E-state index contributed by atoms with van der Waals surface area (Å²) in [6.45, 7) is 41.1. The normalized spacial score (nSPS) is 33.2. The van der Waals surface area contributed by atoms with Crippen LogP contribution >= 0.6 is 0 Å². The molecule has 0 aromatic heterocycles. The molecule has 540 valence electrons. The van der Waals surface area contributed by atoms with Gasteiger partial charge >= 0.3 is 0 Å². The van der Waals surface area contributed by atoms with Crippen molar-refractivity contribution in [2.24, 2.45) is 95.6 Å². The smallest absolute Gasteiger partial charge is 0.0614 e. The molecule has 1 nitrogen and oxygen atoms in total. The summed E-state index contributed by atoms with van der Waals surface area (Å²) in [4.78, 5) is 0. The van der Waals surface area contributed by atoms with Gasteiger partial charge in [-0.25, -0.2) is 0 Å². The molecule has 2 saturated heterocycles. The van der Waals surface area contributed by atoms with Crippen molar-refractivity contribution >= 4 is 0 Å². The van der Waals surface area contributed by atoms with Crippen molar-refractivity contribution in [3.05, 3.63) is 0 Å². The molecule has 0 N–H and O–H groups in total. The molecular weight excluding hydrogens is 1110 g/mol. The van der Waals surface area contributed by atoms with Crippen LogP contribution in [0.2, 0.25) is 0 Å². The van der Waals surface area contributed by atoms with E-state index in [-0.39, 0.29) is 0 Å². The van der Waals surface area contributed by atoms with Gasteiger partial charge in [-0.05, 0) is 282 Å². The molecule has 13 saturated carbocycles. The zero-order chi connectivity index (χ0) is 66.8. The van der Waals surface area contributed by atoms with Crippen molar-refractivity contribution in [3.63, 3.8) is 0 Å². The van der Waals surface area contributed by atoms with Gasteiger partial charge in [0, 0.05) is 0 Å². The van der Waals surface area contributed by atoms with Gasteiger partial charge in [0.25, 0.3) is 0 Å². The SMILES string of the molecule is CC(C)(C)C1(C)CCCC1.CC(C)C1(C)CCCC1.CC1(C)CCCC1.CC1(C2CC3CCC2C3)CCCC1.CC1(C2CC3CCC2O3)CCCC1.CC1(C2CCCC2)CCCC1.CC1(C2CCCCC2)CCCC1.CCC1(C)CCCC1.CCCC1(C)CCCC1. The van der Waals surface area contributed by atoms with E-state index >= 15 is 0 Å². The molecular formula is C91H170O. The quantitative estimate of drug-likeness (QED) is 0.235. The van der Waals surface area contributed by atoms with Crippen LogP contribution in [0, 0.1) is 95.6 Å². The second kappa shape index (κ2) is 36.0. The number of rotatable bonds is 8. The van der Waals surface area contributed by atoms with Gasteiger partial charge in [-0.2, -0.15) is 0 Å². The average molecular weight is 1280 g/mol. The topological polar surface area (TPSA) is 9.23 Å². The Morgan fingerprint density at radius 2 is 0.750 bits per heavy atom. The molecule has 1 heteroatoms. The Kier molecular flexibility index (Phi) is 31.0. The molecule has 92 heavy (non-hydrogen) atoms. The Balaban J connectivity index is 0.000000148. The minimum atomic E-state index is 0.517. The lowest BCUT2D eigenvalue weighted by Gasteiger charge is -2.38. The van der Waals surface area contributed by atoms with E-state index in [0.717, 1.165) is 68.5 Å². The third-order valence-electron chi connectivity index (χ3n) is 32.5. The van der Waals surface area contributed by atoms with Gasteiger partial charge < -0.3 is 4.74 Å². The molecule has 2 aliphatic heterocycles. The summed E-state index contributed by atoms with van der Waals surface area (Å²) in [6, 6.07) is 0. The molecule has 13 aliphatic carbocycles. The summed E-state index contributed by atoms with van der Waals surface area (Å²) in [5.74, 6) is 7.42. The van der Waals surface area contributed by atoms with Crippen molar-refractivity contribution in [1.29, 1.82) is 0 Å². The Hall–Kier alpha value is -0.0400. The van der Waals surface area contributed by atoms with E-state index in [1.807, 2.05) is 0 Å². The van der Waals surface area contributed by atoms with E-state index in [0.29, 0.717) is 39.3 Å². The Morgan fingerprint density at radius 1 is 0.359 bits per heavy atom. The Bertz CT molecular complexity index is 1910. The zero-order valence-corrected chi connectivity index (χ0v) is 66.5. The van der Waals surface area contributed by atoms with Crippen LogP contribution in [0.1, 0.15) is 471 Å². The fourth-order valence-electron chi connectivity index (χ4n) is 23.8. The molecule has 0 spiro atoms. The predicted octanol–water partition coefficient (Wildman–Crippen LogP) is 30.8. The second-order valence-electron chi connectivity index (χ2n) is 41.3. The zero-order valence-electron chi connectivity index (χ0n) is 66.5. The van der Waals surface area contributed by atoms with Crippen LogP contribution in [0.15, 0.2) is 0 Å². The van der Waals surface area contributed by atoms with Gasteiger partial charge in [0.05, 0.1) is 12.2 Å². The number of hydrogen-bond donors (Lipinski definition) is 0. The van der Waals surface area contributed by atoms with E-state index in [4.69, 9.17) is 4.74 Å². The van der Waals surface area contributed by atoms with Crippen LogP contribution in [-0.2, 0) is 4.74 Å². The van der Waals surface area contributed by atoms with Crippen LogP contribution in [-0.4, -0.2) is 12.2 Å². The van der Waals surface area contributed by atoms with E-state index < -0.39 is 0 Å². The summed E-state index contributed by atoms with van der Waals surface area (Å²) in [5.41, 5.74) is 6.99. The van der Waals surface area contributed by atoms with Gasteiger partial charge in [-0.3, -0.25) is 0 Å². The molecule has 0 aromatic carbocycles. The summed E-state index contributed by atoms with van der Waals surface area (Å²) in [6.07, 6.45) is 83.0. The van der Waals surface area contributed by atoms with Gasteiger partial charge in [0.1, 0.15) is 0 Å². The second-order valence-corrected chi connectivity index (χ2v) is 41.3. The minimum absolute atomic E-state index is 0.517. The highest BCUT2D eigenvalue weighted by Crippen LogP contribution is 2.60. The van der Waals surface area contributed by atoms with Gasteiger partial charge in [0.2, 0.25) is 0 Å². The van der Waals surface area contributed by atoms with Crippen molar-refractivity contribution < 1.29 is 4.74 Å². The third-order valence-corrected chi connectivity index (χ3v) is 32.5. The van der Waals surface area contributed by atoms with Crippen LogP contribution in [0.25, 0.3) is 0 Å². The maximum atomic E-state index is 5.96. The maximum absolute atomic E-state index is 5.96. The molecule has 0 radical (unpaired) electrons. The summed E-state index contributed by atoms with van der Waals surface area (Å²) in [5, 5.41) is 0. The highest BCUT2D eigenvalue weighted by atomic mass is 16.5. The molecule has 2 heterocycles. The van der Waals surface area contributed by atoms with Crippen LogP contribution in [0.3, 0.4) is 0 Å². The highest BCUT2D eigenvalue weighted by molar-refractivity contribution is 5.01. The van der Waals surface area contributed by atoms with Crippen molar-refractivity contribution in [1.82, 2.24) is 0 Å². The number of fused-ring (bicyclic) bond motifs is 4. The van der Waals surface area contributed by atoms with E-state index in [1.54, 1.807) is 38.5 Å².